The maximum atomic E-state index is 13.2. The number of hydrogen-bond acceptors (Lipinski definition) is 6. The predicted octanol–water partition coefficient (Wildman–Crippen LogP) is 3.15. The number of methoxy groups -OCH3 is 2. The number of pyridine rings is 1. The summed E-state index contributed by atoms with van der Waals surface area (Å²) < 4.78 is 12.3. The van der Waals surface area contributed by atoms with Crippen LogP contribution in [0.15, 0.2) is 71.7 Å². The molecule has 0 bridgehead atoms. The van der Waals surface area contributed by atoms with Crippen molar-refractivity contribution in [3.8, 4) is 11.5 Å². The minimum atomic E-state index is -0.160. The summed E-state index contributed by atoms with van der Waals surface area (Å²) in [7, 11) is 3.23. The van der Waals surface area contributed by atoms with Gasteiger partial charge in [0.2, 0.25) is 5.91 Å². The molecule has 2 aromatic carbocycles. The largest absolute Gasteiger partial charge is 0.497 e. The number of ether oxygens (including phenoxy) is 2. The molecule has 2 heterocycles. The third kappa shape index (κ3) is 5.84. The third-order valence-electron chi connectivity index (χ3n) is 5.77. The van der Waals surface area contributed by atoms with E-state index in [9.17, 15) is 9.59 Å². The molecule has 0 aliphatic rings. The highest BCUT2D eigenvalue weighted by molar-refractivity contribution is 5.76. The van der Waals surface area contributed by atoms with Gasteiger partial charge in [0.1, 0.15) is 17.3 Å². The second-order valence-electron chi connectivity index (χ2n) is 8.06. The second-order valence-corrected chi connectivity index (χ2v) is 8.06. The van der Waals surface area contributed by atoms with E-state index < -0.39 is 0 Å². The van der Waals surface area contributed by atoms with Gasteiger partial charge < -0.3 is 14.8 Å². The van der Waals surface area contributed by atoms with Crippen LogP contribution in [0.1, 0.15) is 23.4 Å². The number of aryl methyl sites for hydroxylation is 1. The second kappa shape index (κ2) is 11.3. The van der Waals surface area contributed by atoms with E-state index in [-0.39, 0.29) is 17.9 Å². The topological polar surface area (TPSA) is 95.3 Å². The Balaban J connectivity index is 1.45. The van der Waals surface area contributed by atoms with Gasteiger partial charge >= 0.3 is 0 Å². The highest BCUT2D eigenvalue weighted by Gasteiger charge is 2.14. The fourth-order valence-electron chi connectivity index (χ4n) is 3.95. The quantitative estimate of drug-likeness (QED) is 0.381. The van der Waals surface area contributed by atoms with Gasteiger partial charge in [0.05, 0.1) is 26.2 Å². The summed E-state index contributed by atoms with van der Waals surface area (Å²) in [6.45, 7) is 0.829. The molecule has 0 spiro atoms. The standard InChI is InChI=1S/C27H28N4O4/c1-34-21-10-11-23(35-2)20(17-21)14-16-28-25(32)13-12-24-30-26-22(9-6-15-29-26)27(33)31(24)18-19-7-4-3-5-8-19/h3-11,15,17H,12-14,16,18H2,1-2H3,(H,28,32). The van der Waals surface area contributed by atoms with E-state index in [0.717, 1.165) is 22.6 Å². The van der Waals surface area contributed by atoms with Crippen LogP contribution in [0.4, 0.5) is 0 Å². The lowest BCUT2D eigenvalue weighted by Crippen LogP contribution is -2.29. The van der Waals surface area contributed by atoms with Crippen molar-refractivity contribution < 1.29 is 14.3 Å². The molecule has 4 rings (SSSR count). The van der Waals surface area contributed by atoms with Crippen molar-refractivity contribution in [3.05, 3.63) is 94.2 Å². The van der Waals surface area contributed by atoms with Crippen molar-refractivity contribution in [1.82, 2.24) is 19.9 Å². The van der Waals surface area contributed by atoms with Gasteiger partial charge in [-0.05, 0) is 47.9 Å². The first-order valence-electron chi connectivity index (χ1n) is 11.4. The van der Waals surface area contributed by atoms with E-state index in [2.05, 4.69) is 15.3 Å². The number of aromatic nitrogens is 3. The maximum Gasteiger partial charge on any atom is 0.263 e. The number of carbonyl (C=O) groups is 1. The molecule has 0 saturated carbocycles. The summed E-state index contributed by atoms with van der Waals surface area (Å²) in [5.74, 6) is 1.90. The molecule has 4 aromatic rings. The third-order valence-corrected chi connectivity index (χ3v) is 5.77. The minimum absolute atomic E-state index is 0.117. The number of amides is 1. The van der Waals surface area contributed by atoms with Crippen molar-refractivity contribution in [2.45, 2.75) is 25.8 Å². The molecule has 1 N–H and O–H groups in total. The molecule has 8 heteroatoms. The minimum Gasteiger partial charge on any atom is -0.497 e. The van der Waals surface area contributed by atoms with Gasteiger partial charge in [-0.25, -0.2) is 9.97 Å². The zero-order valence-corrected chi connectivity index (χ0v) is 19.9. The molecule has 0 aliphatic heterocycles. The van der Waals surface area contributed by atoms with Gasteiger partial charge in [-0.1, -0.05) is 30.3 Å². The van der Waals surface area contributed by atoms with E-state index in [1.165, 1.54) is 0 Å². The van der Waals surface area contributed by atoms with E-state index in [1.807, 2.05) is 48.5 Å². The molecular formula is C27H28N4O4. The number of rotatable bonds is 10. The van der Waals surface area contributed by atoms with E-state index >= 15 is 0 Å². The fraction of sp³-hybridized carbons (Fsp3) is 0.259. The lowest BCUT2D eigenvalue weighted by atomic mass is 10.1. The number of carbonyl (C=O) groups excluding carboxylic acids is 1. The summed E-state index contributed by atoms with van der Waals surface area (Å²) in [4.78, 5) is 34.7. The zero-order chi connectivity index (χ0) is 24.6. The van der Waals surface area contributed by atoms with Gasteiger partial charge in [0.25, 0.3) is 5.56 Å². The Bertz CT molecular complexity index is 1370. The Hall–Kier alpha value is -4.20. The first kappa shape index (κ1) is 23.9. The smallest absolute Gasteiger partial charge is 0.263 e. The molecule has 35 heavy (non-hydrogen) atoms. The van der Waals surface area contributed by atoms with Crippen LogP contribution in [-0.2, 0) is 24.2 Å². The van der Waals surface area contributed by atoms with E-state index in [0.29, 0.717) is 42.8 Å². The van der Waals surface area contributed by atoms with Crippen molar-refractivity contribution in [3.63, 3.8) is 0 Å². The summed E-state index contributed by atoms with van der Waals surface area (Å²) in [6, 6.07) is 18.8. The summed E-state index contributed by atoms with van der Waals surface area (Å²) >= 11 is 0. The Morgan fingerprint density at radius 3 is 2.60 bits per heavy atom. The fourth-order valence-corrected chi connectivity index (χ4v) is 3.95. The summed E-state index contributed by atoms with van der Waals surface area (Å²) in [5.41, 5.74) is 2.17. The van der Waals surface area contributed by atoms with Gasteiger partial charge in [-0.2, -0.15) is 0 Å². The van der Waals surface area contributed by atoms with Crippen molar-refractivity contribution in [2.24, 2.45) is 0 Å². The molecule has 0 unspecified atom stereocenters. The summed E-state index contributed by atoms with van der Waals surface area (Å²) in [5, 5.41) is 3.41. The molecular weight excluding hydrogens is 444 g/mol. The highest BCUT2D eigenvalue weighted by Crippen LogP contribution is 2.24. The highest BCUT2D eigenvalue weighted by atomic mass is 16.5. The molecule has 0 radical (unpaired) electrons. The van der Waals surface area contributed by atoms with Crippen LogP contribution < -0.4 is 20.3 Å². The number of fused-ring (bicyclic) bond motifs is 1. The SMILES string of the molecule is COc1ccc(OC)c(CCNC(=O)CCc2nc3ncccc3c(=O)n2Cc2ccccc2)c1. The number of hydrogen-bond donors (Lipinski definition) is 1. The van der Waals surface area contributed by atoms with E-state index in [4.69, 9.17) is 9.47 Å². The number of benzene rings is 2. The average Bonchev–Trinajstić information content (AvgIpc) is 2.90. The van der Waals surface area contributed by atoms with Crippen molar-refractivity contribution in [2.75, 3.05) is 20.8 Å². The normalized spacial score (nSPS) is 10.8. The van der Waals surface area contributed by atoms with Crippen molar-refractivity contribution in [1.29, 1.82) is 0 Å². The van der Waals surface area contributed by atoms with Gasteiger partial charge in [-0.15, -0.1) is 0 Å². The molecule has 8 nitrogen and oxygen atoms in total. The summed E-state index contributed by atoms with van der Waals surface area (Å²) in [6.07, 6.45) is 2.74. The Kier molecular flexibility index (Phi) is 7.72. The Morgan fingerprint density at radius 2 is 1.83 bits per heavy atom. The molecule has 2 aromatic heterocycles. The van der Waals surface area contributed by atoms with Gasteiger partial charge in [0.15, 0.2) is 5.65 Å². The van der Waals surface area contributed by atoms with Crippen molar-refractivity contribution >= 4 is 16.9 Å². The number of nitrogens with zero attached hydrogens (tertiary/aromatic N) is 3. The van der Waals surface area contributed by atoms with Crippen LogP contribution in [0, 0.1) is 0 Å². The molecule has 0 fully saturated rings. The van der Waals surface area contributed by atoms with Crippen LogP contribution >= 0.6 is 0 Å². The predicted molar refractivity (Wildman–Crippen MR) is 134 cm³/mol. The average molecular weight is 473 g/mol. The van der Waals surface area contributed by atoms with Crippen LogP contribution in [-0.4, -0.2) is 41.2 Å². The lowest BCUT2D eigenvalue weighted by Gasteiger charge is -2.14. The Labute approximate surface area is 203 Å². The monoisotopic (exact) mass is 472 g/mol. The van der Waals surface area contributed by atoms with Gasteiger partial charge in [-0.3, -0.25) is 14.2 Å². The van der Waals surface area contributed by atoms with Crippen LogP contribution in [0.2, 0.25) is 0 Å². The molecule has 1 amide bonds. The molecule has 180 valence electrons. The maximum absolute atomic E-state index is 13.2. The molecule has 0 aliphatic carbocycles. The first-order valence-corrected chi connectivity index (χ1v) is 11.4. The van der Waals surface area contributed by atoms with Crippen LogP contribution in [0.5, 0.6) is 11.5 Å². The molecule has 0 atom stereocenters. The van der Waals surface area contributed by atoms with Gasteiger partial charge in [0, 0.05) is 25.6 Å². The van der Waals surface area contributed by atoms with E-state index in [1.54, 1.807) is 37.1 Å². The molecule has 0 saturated heterocycles. The first-order chi connectivity index (χ1) is 17.1. The lowest BCUT2D eigenvalue weighted by molar-refractivity contribution is -0.121. The zero-order valence-electron chi connectivity index (χ0n) is 19.9. The Morgan fingerprint density at radius 1 is 1.00 bits per heavy atom. The van der Waals surface area contributed by atoms with Crippen LogP contribution in [0.25, 0.3) is 11.0 Å². The van der Waals surface area contributed by atoms with Crippen LogP contribution in [0.3, 0.4) is 0 Å². The number of nitrogens with one attached hydrogen (secondary N) is 1.